The Kier molecular flexibility index (Phi) is 9.20. The molecule has 1 atom stereocenters. The molecule has 0 aliphatic carbocycles. The van der Waals surface area contributed by atoms with Crippen molar-refractivity contribution in [2.75, 3.05) is 24.1 Å². The number of alkyl halides is 4. The summed E-state index contributed by atoms with van der Waals surface area (Å²) < 4.78 is 58.9. The van der Waals surface area contributed by atoms with Gasteiger partial charge in [-0.1, -0.05) is 40.3 Å². The lowest BCUT2D eigenvalue weighted by molar-refractivity contribution is -0.137. The van der Waals surface area contributed by atoms with Crippen molar-refractivity contribution in [2.45, 2.75) is 19.0 Å². The second-order valence-corrected chi connectivity index (χ2v) is 10.1. The Hall–Kier alpha value is -3.07. The summed E-state index contributed by atoms with van der Waals surface area (Å²) in [7, 11) is 0. The molecule has 1 amide bonds. The summed E-state index contributed by atoms with van der Waals surface area (Å²) >= 11 is 7.92. The normalized spacial score (nSPS) is 17.2. The number of nitrogens with two attached hydrogens (primary N) is 1. The largest absolute Gasteiger partial charge is 0.416 e. The molecule has 39 heavy (non-hydrogen) atoms. The van der Waals surface area contributed by atoms with Gasteiger partial charge in [0, 0.05) is 43.0 Å². The monoisotopic (exact) mass is 678 g/mol. The minimum absolute atomic E-state index is 0.0325. The number of nitrogens with zero attached hydrogens (tertiary/aromatic N) is 3. The van der Waals surface area contributed by atoms with Gasteiger partial charge in [0.1, 0.15) is 17.2 Å². The van der Waals surface area contributed by atoms with Gasteiger partial charge in [0.05, 0.1) is 15.0 Å². The average molecular weight is 679 g/mol. The standard InChI is InChI=1S/C25H24ClF4IN6O2/c26-16-8-18-19(12-35-22(18)34-11-16)21(32)36-23(20(27)9-31)33-10-14-3-2-6-37(13-14)24(38)39-17-5-1-4-15(7-17)25(28,29)30/h1,4-5,7-8,11-12,14,33H,2-3,6,9-10,13H2,(H2,32,36)(H,34,35)/b23-20+. The third kappa shape index (κ3) is 7.32. The number of amidine groups is 1. The van der Waals surface area contributed by atoms with Gasteiger partial charge < -0.3 is 25.7 Å². The summed E-state index contributed by atoms with van der Waals surface area (Å²) in [4.78, 5) is 25.5. The molecular formula is C25H24ClF4IN6O2. The van der Waals surface area contributed by atoms with E-state index in [9.17, 15) is 22.4 Å². The molecule has 1 aliphatic heterocycles. The molecule has 1 unspecified atom stereocenters. The van der Waals surface area contributed by atoms with Crippen molar-refractivity contribution in [1.29, 1.82) is 0 Å². The lowest BCUT2D eigenvalue weighted by Gasteiger charge is -2.32. The number of hydrogen-bond acceptors (Lipinski definition) is 5. The number of nitrogens with one attached hydrogen (secondary N) is 2. The van der Waals surface area contributed by atoms with Crippen LogP contribution >= 0.6 is 34.2 Å². The molecule has 14 heteroatoms. The van der Waals surface area contributed by atoms with Gasteiger partial charge >= 0.3 is 12.3 Å². The number of aromatic nitrogens is 2. The van der Waals surface area contributed by atoms with E-state index in [4.69, 9.17) is 22.1 Å². The SMILES string of the molecule is N/C(=N\C(NCC1CCCN(C(=O)Oc2cccc(C(F)(F)F)c2)C1)=C(\F)CI)c1c[nH]c2ncc(Cl)cc12. The molecule has 3 aromatic rings. The average Bonchev–Trinajstić information content (AvgIpc) is 3.33. The van der Waals surface area contributed by atoms with E-state index in [-0.39, 0.29) is 40.8 Å². The zero-order chi connectivity index (χ0) is 28.2. The Morgan fingerprint density at radius 3 is 2.90 bits per heavy atom. The van der Waals surface area contributed by atoms with Crippen LogP contribution in [0.5, 0.6) is 5.75 Å². The molecule has 208 valence electrons. The van der Waals surface area contributed by atoms with Gasteiger partial charge in [-0.15, -0.1) is 0 Å². The molecule has 0 radical (unpaired) electrons. The van der Waals surface area contributed by atoms with Gasteiger partial charge in [-0.25, -0.2) is 19.2 Å². The number of carbonyl (C=O) groups is 1. The minimum atomic E-state index is -4.55. The molecule has 0 bridgehead atoms. The summed E-state index contributed by atoms with van der Waals surface area (Å²) in [6.45, 7) is 0.946. The molecule has 4 N–H and O–H groups in total. The molecule has 2 aromatic heterocycles. The van der Waals surface area contributed by atoms with Crippen LogP contribution in [-0.2, 0) is 6.18 Å². The highest BCUT2D eigenvalue weighted by Gasteiger charge is 2.31. The predicted octanol–water partition coefficient (Wildman–Crippen LogP) is 6.01. The van der Waals surface area contributed by atoms with Gasteiger partial charge in [0.25, 0.3) is 0 Å². The number of ether oxygens (including phenoxy) is 1. The molecule has 1 fully saturated rings. The number of H-pyrrole nitrogens is 1. The van der Waals surface area contributed by atoms with Gasteiger partial charge in [0.15, 0.2) is 11.6 Å². The molecular weight excluding hydrogens is 655 g/mol. The smallest absolute Gasteiger partial charge is 0.410 e. The van der Waals surface area contributed by atoms with Crippen LogP contribution in [-0.4, -0.2) is 50.9 Å². The Labute approximate surface area is 239 Å². The third-order valence-electron chi connectivity index (χ3n) is 6.08. The van der Waals surface area contributed by atoms with E-state index in [1.54, 1.807) is 12.3 Å². The number of benzene rings is 1. The first-order valence-corrected chi connectivity index (χ1v) is 13.7. The number of allylic oxidation sites excluding steroid dienone is 1. The van der Waals surface area contributed by atoms with E-state index >= 15 is 0 Å². The van der Waals surface area contributed by atoms with E-state index < -0.39 is 23.7 Å². The van der Waals surface area contributed by atoms with E-state index in [2.05, 4.69) is 20.3 Å². The van der Waals surface area contributed by atoms with Gasteiger partial charge in [0.2, 0.25) is 0 Å². The van der Waals surface area contributed by atoms with Crippen LogP contribution in [0.2, 0.25) is 5.02 Å². The topological polar surface area (TPSA) is 109 Å². The highest BCUT2D eigenvalue weighted by atomic mass is 127. The number of fused-ring (bicyclic) bond motifs is 1. The summed E-state index contributed by atoms with van der Waals surface area (Å²) in [6.07, 6.45) is -0.809. The fraction of sp³-hybridized carbons (Fsp3) is 0.320. The van der Waals surface area contributed by atoms with Gasteiger partial charge in [-0.2, -0.15) is 13.2 Å². The first-order chi connectivity index (χ1) is 18.5. The van der Waals surface area contributed by atoms with E-state index in [1.165, 1.54) is 23.2 Å². The number of pyridine rings is 1. The molecule has 8 nitrogen and oxygen atoms in total. The number of aromatic amines is 1. The first-order valence-electron chi connectivity index (χ1n) is 11.8. The zero-order valence-corrected chi connectivity index (χ0v) is 23.3. The number of halogens is 6. The number of aliphatic imine (C=N–C) groups is 1. The number of hydrogen-bond donors (Lipinski definition) is 3. The molecule has 4 rings (SSSR count). The first kappa shape index (κ1) is 28.9. The maximum absolute atomic E-state index is 14.7. The number of likely N-dealkylation sites (tertiary alicyclic amines) is 1. The molecule has 1 aliphatic rings. The number of piperidine rings is 1. The van der Waals surface area contributed by atoms with Crippen LogP contribution in [0.25, 0.3) is 11.0 Å². The molecule has 1 saturated heterocycles. The van der Waals surface area contributed by atoms with Crippen LogP contribution in [0, 0.1) is 5.92 Å². The van der Waals surface area contributed by atoms with Crippen LogP contribution in [0.1, 0.15) is 24.0 Å². The van der Waals surface area contributed by atoms with Crippen molar-refractivity contribution in [3.8, 4) is 5.75 Å². The Bertz CT molecular complexity index is 1410. The van der Waals surface area contributed by atoms with E-state index in [0.717, 1.165) is 18.6 Å². The van der Waals surface area contributed by atoms with E-state index in [0.29, 0.717) is 34.6 Å². The van der Waals surface area contributed by atoms with Crippen LogP contribution in [0.15, 0.2) is 59.4 Å². The Morgan fingerprint density at radius 1 is 1.36 bits per heavy atom. The summed E-state index contributed by atoms with van der Waals surface area (Å²) in [6, 6.07) is 5.83. The number of carbonyl (C=O) groups excluding carboxylic acids is 1. The van der Waals surface area contributed by atoms with Crippen LogP contribution < -0.4 is 15.8 Å². The highest BCUT2D eigenvalue weighted by molar-refractivity contribution is 14.1. The van der Waals surface area contributed by atoms with Crippen molar-refractivity contribution >= 4 is 57.2 Å². The Balaban J connectivity index is 1.41. The molecule has 0 saturated carbocycles. The summed E-state index contributed by atoms with van der Waals surface area (Å²) in [5.74, 6) is -0.760. The highest BCUT2D eigenvalue weighted by Crippen LogP contribution is 2.31. The Morgan fingerprint density at radius 2 is 2.15 bits per heavy atom. The molecule has 3 heterocycles. The fourth-order valence-electron chi connectivity index (χ4n) is 4.17. The summed E-state index contributed by atoms with van der Waals surface area (Å²) in [5, 5.41) is 4.06. The van der Waals surface area contributed by atoms with Gasteiger partial charge in [-0.05, 0) is 43.0 Å². The third-order valence-corrected chi connectivity index (χ3v) is 6.96. The van der Waals surface area contributed by atoms with Crippen molar-refractivity contribution in [1.82, 2.24) is 20.2 Å². The lowest BCUT2D eigenvalue weighted by Crippen LogP contribution is -2.44. The second kappa shape index (κ2) is 12.4. The van der Waals surface area contributed by atoms with Crippen molar-refractivity contribution in [3.05, 3.63) is 70.5 Å². The van der Waals surface area contributed by atoms with Crippen molar-refractivity contribution in [3.63, 3.8) is 0 Å². The zero-order valence-electron chi connectivity index (χ0n) is 20.4. The predicted molar refractivity (Wildman–Crippen MR) is 149 cm³/mol. The fourth-order valence-corrected chi connectivity index (χ4v) is 4.69. The lowest BCUT2D eigenvalue weighted by atomic mass is 9.98. The molecule has 0 spiro atoms. The number of rotatable bonds is 7. The van der Waals surface area contributed by atoms with Crippen molar-refractivity contribution < 1.29 is 27.1 Å². The second-order valence-electron chi connectivity index (χ2n) is 8.86. The summed E-state index contributed by atoms with van der Waals surface area (Å²) in [5.41, 5.74) is 6.37. The van der Waals surface area contributed by atoms with Crippen molar-refractivity contribution in [2.24, 2.45) is 16.6 Å². The maximum atomic E-state index is 14.7. The van der Waals surface area contributed by atoms with E-state index in [1.807, 2.05) is 22.6 Å². The van der Waals surface area contributed by atoms with Crippen LogP contribution in [0.4, 0.5) is 22.4 Å². The van der Waals surface area contributed by atoms with Gasteiger partial charge in [-0.3, -0.25) is 0 Å². The maximum Gasteiger partial charge on any atom is 0.416 e. The molecule has 1 aromatic carbocycles. The number of amides is 1. The minimum Gasteiger partial charge on any atom is -0.410 e. The quantitative estimate of drug-likeness (QED) is 0.0933. The van der Waals surface area contributed by atoms with Crippen LogP contribution in [0.3, 0.4) is 0 Å².